The molecule has 3 nitrogen and oxygen atoms in total. The van der Waals surface area contributed by atoms with E-state index >= 15 is 0 Å². The van der Waals surface area contributed by atoms with Crippen molar-refractivity contribution in [2.45, 2.75) is 6.23 Å². The Morgan fingerprint density at radius 2 is 2.50 bits per heavy atom. The van der Waals surface area contributed by atoms with Crippen LogP contribution in [0.3, 0.4) is 0 Å². The van der Waals surface area contributed by atoms with Gasteiger partial charge in [-0.15, -0.1) is 0 Å². The highest BCUT2D eigenvalue weighted by atomic mass is 32.1. The van der Waals surface area contributed by atoms with Gasteiger partial charge in [-0.2, -0.15) is 0 Å². The van der Waals surface area contributed by atoms with Gasteiger partial charge in [0.25, 0.3) is 0 Å². The molecule has 0 aromatic heterocycles. The molecule has 0 fully saturated rings. The third-order valence-corrected chi connectivity index (χ3v) is 0.631. The van der Waals surface area contributed by atoms with Crippen molar-refractivity contribution in [3.8, 4) is 0 Å². The molecule has 0 radical (unpaired) electrons. The van der Waals surface area contributed by atoms with Crippen molar-refractivity contribution >= 4 is 17.3 Å². The van der Waals surface area contributed by atoms with Gasteiger partial charge in [-0.25, -0.2) is 0 Å². The molecule has 0 bridgehead atoms. The Morgan fingerprint density at radius 1 is 2.00 bits per heavy atom. The molecular formula is C4H8N2OS. The molecule has 0 amide bonds. The van der Waals surface area contributed by atoms with Crippen molar-refractivity contribution in [2.24, 2.45) is 5.73 Å². The molecule has 0 rings (SSSR count). The molecule has 0 saturated heterocycles. The molecule has 0 aromatic rings. The first-order chi connectivity index (χ1) is 3.66. The van der Waals surface area contributed by atoms with Crippen LogP contribution in [0.2, 0.25) is 0 Å². The molecule has 0 spiro atoms. The summed E-state index contributed by atoms with van der Waals surface area (Å²) in [4.78, 5) is 0. The first kappa shape index (κ1) is 7.39. The molecule has 4 heteroatoms. The zero-order valence-electron chi connectivity index (χ0n) is 4.29. The van der Waals surface area contributed by atoms with Crippen LogP contribution < -0.4 is 11.1 Å². The summed E-state index contributed by atoms with van der Waals surface area (Å²) in [7, 11) is 0. The maximum atomic E-state index is 8.63. The lowest BCUT2D eigenvalue weighted by Gasteiger charge is -2.05. The number of thiocarbonyl (C=S) groups is 1. The van der Waals surface area contributed by atoms with Crippen molar-refractivity contribution in [3.05, 3.63) is 12.7 Å². The lowest BCUT2D eigenvalue weighted by molar-refractivity contribution is 0.210. The van der Waals surface area contributed by atoms with Gasteiger partial charge in [0.15, 0.2) is 5.11 Å². The average molecular weight is 132 g/mol. The zero-order valence-corrected chi connectivity index (χ0v) is 5.11. The van der Waals surface area contributed by atoms with E-state index in [1.807, 2.05) is 0 Å². The van der Waals surface area contributed by atoms with Gasteiger partial charge in [0.1, 0.15) is 6.23 Å². The maximum Gasteiger partial charge on any atom is 0.165 e. The van der Waals surface area contributed by atoms with Crippen LogP contribution >= 0.6 is 12.2 Å². The van der Waals surface area contributed by atoms with E-state index in [1.165, 1.54) is 6.08 Å². The zero-order chi connectivity index (χ0) is 6.57. The van der Waals surface area contributed by atoms with Gasteiger partial charge in [-0.1, -0.05) is 6.58 Å². The van der Waals surface area contributed by atoms with Gasteiger partial charge in [-0.3, -0.25) is 0 Å². The van der Waals surface area contributed by atoms with Gasteiger partial charge in [0.05, 0.1) is 0 Å². The van der Waals surface area contributed by atoms with E-state index < -0.39 is 6.23 Å². The van der Waals surface area contributed by atoms with E-state index in [0.717, 1.165) is 0 Å². The van der Waals surface area contributed by atoms with Crippen molar-refractivity contribution in [3.63, 3.8) is 0 Å². The fourth-order valence-electron chi connectivity index (χ4n) is 0.205. The number of rotatable bonds is 2. The molecule has 0 heterocycles. The molecule has 0 aliphatic heterocycles. The van der Waals surface area contributed by atoms with Crippen molar-refractivity contribution in [1.29, 1.82) is 0 Å². The first-order valence-electron chi connectivity index (χ1n) is 2.03. The van der Waals surface area contributed by atoms with Gasteiger partial charge in [0, 0.05) is 0 Å². The van der Waals surface area contributed by atoms with E-state index in [9.17, 15) is 0 Å². The molecule has 0 saturated carbocycles. The van der Waals surface area contributed by atoms with Crippen LogP contribution in [-0.2, 0) is 0 Å². The second-order valence-corrected chi connectivity index (χ2v) is 1.63. The number of hydrogen-bond donors (Lipinski definition) is 3. The van der Waals surface area contributed by atoms with E-state index in [2.05, 4.69) is 24.1 Å². The summed E-state index contributed by atoms with van der Waals surface area (Å²) in [5.41, 5.74) is 4.98. The predicted octanol–water partition coefficient (Wildman–Crippen LogP) is -0.676. The summed E-state index contributed by atoms with van der Waals surface area (Å²) in [6, 6.07) is 0. The molecular weight excluding hydrogens is 124 g/mol. The summed E-state index contributed by atoms with van der Waals surface area (Å²) in [5.74, 6) is 0. The third kappa shape index (κ3) is 3.58. The van der Waals surface area contributed by atoms with Crippen LogP contribution in [0.5, 0.6) is 0 Å². The molecule has 4 N–H and O–H groups in total. The van der Waals surface area contributed by atoms with Gasteiger partial charge in [0.2, 0.25) is 0 Å². The summed E-state index contributed by atoms with van der Waals surface area (Å²) in [6.07, 6.45) is 0.464. The van der Waals surface area contributed by atoms with E-state index in [1.54, 1.807) is 0 Å². The van der Waals surface area contributed by atoms with Crippen LogP contribution in [0.15, 0.2) is 12.7 Å². The summed E-state index contributed by atoms with van der Waals surface area (Å²) >= 11 is 4.40. The molecule has 0 aliphatic rings. The minimum atomic E-state index is -0.826. The Kier molecular flexibility index (Phi) is 3.14. The lowest BCUT2D eigenvalue weighted by Crippen LogP contribution is -2.36. The molecule has 0 aromatic carbocycles. The minimum Gasteiger partial charge on any atom is -0.376 e. The predicted molar refractivity (Wildman–Crippen MR) is 36.1 cm³/mol. The van der Waals surface area contributed by atoms with Crippen molar-refractivity contribution < 1.29 is 5.11 Å². The van der Waals surface area contributed by atoms with E-state index in [-0.39, 0.29) is 5.11 Å². The van der Waals surface area contributed by atoms with Gasteiger partial charge >= 0.3 is 0 Å². The smallest absolute Gasteiger partial charge is 0.165 e. The Labute approximate surface area is 53.2 Å². The third-order valence-electron chi connectivity index (χ3n) is 0.513. The number of aliphatic hydroxyl groups is 1. The van der Waals surface area contributed by atoms with Crippen LogP contribution in [0, 0.1) is 0 Å². The van der Waals surface area contributed by atoms with Crippen LogP contribution in [-0.4, -0.2) is 16.4 Å². The Hall–Kier alpha value is -0.610. The quantitative estimate of drug-likeness (QED) is 0.265. The summed E-state index contributed by atoms with van der Waals surface area (Å²) in [5, 5.41) is 11.0. The van der Waals surface area contributed by atoms with Gasteiger partial charge < -0.3 is 16.2 Å². The molecule has 1 atom stereocenters. The minimum absolute atomic E-state index is 0.0670. The van der Waals surface area contributed by atoms with E-state index in [4.69, 9.17) is 10.8 Å². The topological polar surface area (TPSA) is 58.3 Å². The van der Waals surface area contributed by atoms with Gasteiger partial charge in [-0.05, 0) is 18.3 Å². The number of aliphatic hydroxyl groups excluding tert-OH is 1. The second kappa shape index (κ2) is 3.40. The number of nitrogens with two attached hydrogens (primary N) is 1. The summed E-state index contributed by atoms with van der Waals surface area (Å²) < 4.78 is 0. The van der Waals surface area contributed by atoms with E-state index in [0.29, 0.717) is 0 Å². The van der Waals surface area contributed by atoms with Crippen molar-refractivity contribution in [2.75, 3.05) is 0 Å². The highest BCUT2D eigenvalue weighted by molar-refractivity contribution is 7.80. The highest BCUT2D eigenvalue weighted by Gasteiger charge is 1.93. The Balaban J connectivity index is 3.38. The molecule has 1 unspecified atom stereocenters. The average Bonchev–Trinajstić information content (AvgIpc) is 1.65. The lowest BCUT2D eigenvalue weighted by atomic mass is 10.5. The SMILES string of the molecule is C=CC(O)NC(N)=S. The number of hydrogen-bond acceptors (Lipinski definition) is 2. The van der Waals surface area contributed by atoms with Crippen molar-refractivity contribution in [1.82, 2.24) is 5.32 Å². The van der Waals surface area contributed by atoms with Crippen LogP contribution in [0.1, 0.15) is 0 Å². The molecule has 8 heavy (non-hydrogen) atoms. The fraction of sp³-hybridized carbons (Fsp3) is 0.250. The Bertz CT molecular complexity index is 104. The Morgan fingerprint density at radius 3 is 2.62 bits per heavy atom. The number of nitrogens with one attached hydrogen (secondary N) is 1. The summed E-state index contributed by atoms with van der Waals surface area (Å²) in [6.45, 7) is 3.29. The maximum absolute atomic E-state index is 8.63. The highest BCUT2D eigenvalue weighted by Crippen LogP contribution is 1.73. The first-order valence-corrected chi connectivity index (χ1v) is 2.44. The van der Waals surface area contributed by atoms with Crippen LogP contribution in [0.4, 0.5) is 0 Å². The second-order valence-electron chi connectivity index (χ2n) is 1.19. The molecule has 0 aliphatic carbocycles. The van der Waals surface area contributed by atoms with Crippen LogP contribution in [0.25, 0.3) is 0 Å². The molecule has 46 valence electrons. The monoisotopic (exact) mass is 132 g/mol. The standard InChI is InChI=1S/C4H8N2OS/c1-2-3(7)6-4(5)8/h2-3,7H,1H2,(H3,5,6,8). The fourth-order valence-corrected chi connectivity index (χ4v) is 0.325. The normalized spacial score (nSPS) is 12.1. The largest absolute Gasteiger partial charge is 0.376 e.